The summed E-state index contributed by atoms with van der Waals surface area (Å²) in [5.74, 6) is 2.05. The van der Waals surface area contributed by atoms with Crippen LogP contribution in [0.1, 0.15) is 43.5 Å². The Balaban J connectivity index is 1.28. The average molecular weight is 564 g/mol. The number of nitrogens with two attached hydrogens (primary N) is 1. The third-order valence-corrected chi connectivity index (χ3v) is 9.73. The summed E-state index contributed by atoms with van der Waals surface area (Å²) in [5.41, 5.74) is 11.2. The number of ether oxygens (including phenoxy) is 1. The van der Waals surface area contributed by atoms with Crippen LogP contribution < -0.4 is 25.4 Å². The average Bonchev–Trinajstić information content (AvgIpc) is 3.37. The molecule has 3 aromatic rings. The van der Waals surface area contributed by atoms with Crippen LogP contribution in [0.5, 0.6) is 5.75 Å². The lowest BCUT2D eigenvalue weighted by Crippen LogP contribution is -2.31. The molecule has 1 saturated heterocycles. The predicted octanol–water partition coefficient (Wildman–Crippen LogP) is 2.92. The Labute approximate surface area is 235 Å². The molecule has 212 valence electrons. The summed E-state index contributed by atoms with van der Waals surface area (Å²) in [4.78, 5) is 15.8. The molecule has 40 heavy (non-hydrogen) atoms. The maximum Gasteiger partial charge on any atom is 0.244 e. The predicted molar refractivity (Wildman–Crippen MR) is 155 cm³/mol. The van der Waals surface area contributed by atoms with Gasteiger partial charge in [-0.3, -0.25) is 0 Å². The number of nitrogens with one attached hydrogen (secondary N) is 2. The molecule has 0 amide bonds. The lowest BCUT2D eigenvalue weighted by Gasteiger charge is -2.33. The Bertz CT molecular complexity index is 1520. The fourth-order valence-electron chi connectivity index (χ4n) is 5.91. The zero-order valence-corrected chi connectivity index (χ0v) is 23.9. The molecule has 1 aliphatic carbocycles. The second-order valence-corrected chi connectivity index (χ2v) is 13.6. The summed E-state index contributed by atoms with van der Waals surface area (Å²) in [5, 5.41) is 3.26. The molecule has 10 nitrogen and oxygen atoms in total. The molecule has 1 aromatic carbocycles. The van der Waals surface area contributed by atoms with Gasteiger partial charge in [0.2, 0.25) is 10.0 Å². The first-order chi connectivity index (χ1) is 19.2. The first-order valence-corrected chi connectivity index (χ1v) is 15.5. The van der Waals surface area contributed by atoms with Crippen molar-refractivity contribution in [1.29, 1.82) is 0 Å². The topological polar surface area (TPSA) is 135 Å². The van der Waals surface area contributed by atoms with Crippen LogP contribution in [0.15, 0.2) is 41.7 Å². The van der Waals surface area contributed by atoms with Crippen molar-refractivity contribution in [3.63, 3.8) is 0 Å². The van der Waals surface area contributed by atoms with E-state index in [0.717, 1.165) is 67.2 Å². The van der Waals surface area contributed by atoms with Crippen LogP contribution >= 0.6 is 0 Å². The molecule has 1 fully saturated rings. The second kappa shape index (κ2) is 10.6. The maximum atomic E-state index is 13.1. The molecule has 4 N–H and O–H groups in total. The molecule has 0 saturated carbocycles. The SMILES string of the molecule is CC1(C)CCc2ncnc(N3CCOc4ccc(-c5cnc(N)c(S(=O)(=O)NC[C@@H]6CCNC6)c5)cc4C3)c2C1. The molecule has 1 atom stereocenters. The van der Waals surface area contributed by atoms with Crippen molar-refractivity contribution in [2.45, 2.75) is 51.0 Å². The summed E-state index contributed by atoms with van der Waals surface area (Å²) in [6.07, 6.45) is 7.27. The van der Waals surface area contributed by atoms with E-state index in [9.17, 15) is 8.42 Å². The van der Waals surface area contributed by atoms with E-state index >= 15 is 0 Å². The van der Waals surface area contributed by atoms with E-state index in [1.54, 1.807) is 18.6 Å². The quantitative estimate of drug-likeness (QED) is 0.414. The Hall–Kier alpha value is -3.28. The number of pyridine rings is 1. The largest absolute Gasteiger partial charge is 0.491 e. The summed E-state index contributed by atoms with van der Waals surface area (Å²) < 4.78 is 35.1. The number of aryl methyl sites for hydroxylation is 1. The molecule has 0 unspecified atom stereocenters. The van der Waals surface area contributed by atoms with Crippen molar-refractivity contribution in [3.8, 4) is 16.9 Å². The lowest BCUT2D eigenvalue weighted by atomic mass is 9.76. The van der Waals surface area contributed by atoms with Crippen LogP contribution in [0.25, 0.3) is 11.1 Å². The zero-order valence-electron chi connectivity index (χ0n) is 23.1. The van der Waals surface area contributed by atoms with Crippen LogP contribution in [0.4, 0.5) is 11.6 Å². The normalized spacial score (nSPS) is 20.4. The van der Waals surface area contributed by atoms with E-state index in [1.807, 2.05) is 18.2 Å². The highest BCUT2D eigenvalue weighted by atomic mass is 32.2. The molecule has 6 rings (SSSR count). The van der Waals surface area contributed by atoms with Crippen molar-refractivity contribution >= 4 is 21.7 Å². The molecule has 3 aliphatic rings. The first-order valence-electron chi connectivity index (χ1n) is 14.0. The van der Waals surface area contributed by atoms with Crippen molar-refractivity contribution in [1.82, 2.24) is 25.0 Å². The number of hydrogen-bond donors (Lipinski definition) is 3. The Morgan fingerprint density at radius 1 is 1.20 bits per heavy atom. The van der Waals surface area contributed by atoms with E-state index in [4.69, 9.17) is 15.5 Å². The highest BCUT2D eigenvalue weighted by molar-refractivity contribution is 7.89. The third kappa shape index (κ3) is 5.50. The molecular formula is C29H37N7O3S. The molecule has 4 heterocycles. The van der Waals surface area contributed by atoms with E-state index in [2.05, 4.69) is 38.8 Å². The molecule has 0 bridgehead atoms. The molecule has 11 heteroatoms. The number of rotatable bonds is 6. The van der Waals surface area contributed by atoms with Gasteiger partial charge in [-0.1, -0.05) is 19.9 Å². The molecule has 2 aromatic heterocycles. The van der Waals surface area contributed by atoms with E-state index in [-0.39, 0.29) is 22.0 Å². The Kier molecular flexibility index (Phi) is 7.14. The van der Waals surface area contributed by atoms with E-state index in [0.29, 0.717) is 31.8 Å². The number of nitrogens with zero attached hydrogens (tertiary/aromatic N) is 4. The van der Waals surface area contributed by atoms with Gasteiger partial charge in [-0.25, -0.2) is 28.1 Å². The number of benzene rings is 1. The van der Waals surface area contributed by atoms with E-state index in [1.165, 1.54) is 5.56 Å². The standard InChI is InChI=1S/C29H37N7O3S/c1-29(2)7-5-24-23(13-29)28(34-18-33-24)36-9-10-39-25-4-3-20(11-22(25)17-36)21-12-26(27(30)32-16-21)40(37,38)35-15-19-6-8-31-14-19/h3-4,11-12,16,18-19,31,35H,5-10,13-15,17H2,1-2H3,(H2,30,32)/t19-/m1/s1. The highest BCUT2D eigenvalue weighted by Crippen LogP contribution is 2.39. The van der Waals surface area contributed by atoms with E-state index < -0.39 is 10.0 Å². The fourth-order valence-corrected chi connectivity index (χ4v) is 7.13. The van der Waals surface area contributed by atoms with Gasteiger partial charge in [-0.05, 0) is 73.9 Å². The van der Waals surface area contributed by atoms with Gasteiger partial charge < -0.3 is 20.7 Å². The molecular weight excluding hydrogens is 526 g/mol. The van der Waals surface area contributed by atoms with Crippen LogP contribution in [0.2, 0.25) is 0 Å². The van der Waals surface area contributed by atoms with Gasteiger partial charge in [-0.2, -0.15) is 0 Å². The van der Waals surface area contributed by atoms with Crippen molar-refractivity contribution < 1.29 is 13.2 Å². The minimum atomic E-state index is -3.81. The van der Waals surface area contributed by atoms with Gasteiger partial charge in [0.15, 0.2) is 0 Å². The summed E-state index contributed by atoms with van der Waals surface area (Å²) >= 11 is 0. The van der Waals surface area contributed by atoms with Gasteiger partial charge in [0.25, 0.3) is 0 Å². The monoisotopic (exact) mass is 563 g/mol. The van der Waals surface area contributed by atoms with Crippen LogP contribution in [0.3, 0.4) is 0 Å². The minimum absolute atomic E-state index is 0.000923. The Morgan fingerprint density at radius 3 is 2.90 bits per heavy atom. The van der Waals surface area contributed by atoms with Crippen LogP contribution in [-0.2, 0) is 29.4 Å². The van der Waals surface area contributed by atoms with Gasteiger partial charge in [0.1, 0.15) is 35.2 Å². The summed E-state index contributed by atoms with van der Waals surface area (Å²) in [6.45, 7) is 8.56. The van der Waals surface area contributed by atoms with Gasteiger partial charge in [-0.15, -0.1) is 0 Å². The minimum Gasteiger partial charge on any atom is -0.491 e. The number of nitrogen functional groups attached to an aromatic ring is 1. The molecule has 0 spiro atoms. The summed E-state index contributed by atoms with van der Waals surface area (Å²) in [7, 11) is -3.81. The Morgan fingerprint density at radius 2 is 2.08 bits per heavy atom. The molecule has 2 aliphatic heterocycles. The first kappa shape index (κ1) is 26.9. The highest BCUT2D eigenvalue weighted by Gasteiger charge is 2.31. The van der Waals surface area contributed by atoms with Gasteiger partial charge in [0.05, 0.1) is 6.54 Å². The number of sulfonamides is 1. The third-order valence-electron chi connectivity index (χ3n) is 8.27. The number of aromatic nitrogens is 3. The van der Waals surface area contributed by atoms with Crippen molar-refractivity contribution in [3.05, 3.63) is 53.6 Å². The van der Waals surface area contributed by atoms with Crippen LogP contribution in [0, 0.1) is 11.3 Å². The smallest absolute Gasteiger partial charge is 0.244 e. The number of anilines is 2. The van der Waals surface area contributed by atoms with Crippen LogP contribution in [-0.4, -0.2) is 56.2 Å². The van der Waals surface area contributed by atoms with Gasteiger partial charge >= 0.3 is 0 Å². The number of fused-ring (bicyclic) bond motifs is 2. The van der Waals surface area contributed by atoms with Crippen molar-refractivity contribution in [2.75, 3.05) is 43.4 Å². The number of hydrogen-bond acceptors (Lipinski definition) is 9. The second-order valence-electron chi connectivity index (χ2n) is 11.9. The molecule has 0 radical (unpaired) electrons. The fraction of sp³-hybridized carbons (Fsp3) is 0.483. The van der Waals surface area contributed by atoms with Gasteiger partial charge in [0, 0.05) is 41.7 Å². The van der Waals surface area contributed by atoms with Crippen molar-refractivity contribution in [2.24, 2.45) is 11.3 Å². The zero-order chi connectivity index (χ0) is 27.9. The summed E-state index contributed by atoms with van der Waals surface area (Å²) in [6, 6.07) is 7.54. The lowest BCUT2D eigenvalue weighted by molar-refractivity contribution is 0.310. The maximum absolute atomic E-state index is 13.1.